The number of amides is 2. The fraction of sp³-hybridized carbons (Fsp3) is 0.667. The molecule has 130 valence electrons. The van der Waals surface area contributed by atoms with E-state index in [0.29, 0.717) is 31.8 Å². The van der Waals surface area contributed by atoms with E-state index < -0.39 is 0 Å². The van der Waals surface area contributed by atoms with Crippen LogP contribution in [0.3, 0.4) is 0 Å². The van der Waals surface area contributed by atoms with Crippen LogP contribution in [0.1, 0.15) is 56.2 Å². The molecule has 1 aromatic rings. The molecule has 0 unspecified atom stereocenters. The Labute approximate surface area is 139 Å². The Hall–Kier alpha value is -2.45. The Balaban J connectivity index is 0.000000526. The van der Waals surface area contributed by atoms with Crippen molar-refractivity contribution >= 4 is 18.3 Å². The van der Waals surface area contributed by atoms with Crippen molar-refractivity contribution in [2.75, 3.05) is 6.54 Å². The summed E-state index contributed by atoms with van der Waals surface area (Å²) in [6.45, 7) is 3.06. The number of carboxylic acid groups (broad SMARTS) is 1. The van der Waals surface area contributed by atoms with Crippen LogP contribution in [-0.4, -0.2) is 55.6 Å². The lowest BCUT2D eigenvalue weighted by atomic mass is 10.1. The van der Waals surface area contributed by atoms with E-state index >= 15 is 0 Å². The second-order valence-corrected chi connectivity index (χ2v) is 6.30. The maximum Gasteiger partial charge on any atom is 0.290 e. The van der Waals surface area contributed by atoms with Crippen molar-refractivity contribution in [3.8, 4) is 0 Å². The van der Waals surface area contributed by atoms with Crippen molar-refractivity contribution in [2.24, 2.45) is 0 Å². The minimum absolute atomic E-state index is 0.00979. The van der Waals surface area contributed by atoms with Gasteiger partial charge in [0.15, 0.2) is 5.82 Å². The first-order valence-corrected chi connectivity index (χ1v) is 8.17. The highest BCUT2D eigenvalue weighted by Gasteiger charge is 2.38. The van der Waals surface area contributed by atoms with Crippen molar-refractivity contribution < 1.29 is 19.5 Å². The minimum Gasteiger partial charge on any atom is -0.483 e. The van der Waals surface area contributed by atoms with Gasteiger partial charge in [-0.1, -0.05) is 0 Å². The van der Waals surface area contributed by atoms with Gasteiger partial charge in [0.05, 0.1) is 12.6 Å². The van der Waals surface area contributed by atoms with Crippen molar-refractivity contribution in [3.63, 3.8) is 0 Å². The normalized spacial score (nSPS) is 25.4. The van der Waals surface area contributed by atoms with Gasteiger partial charge in [0.1, 0.15) is 11.9 Å². The minimum atomic E-state index is -0.364. The third-order valence-electron chi connectivity index (χ3n) is 4.63. The Morgan fingerprint density at radius 3 is 2.62 bits per heavy atom. The predicted molar refractivity (Wildman–Crippen MR) is 82.0 cm³/mol. The van der Waals surface area contributed by atoms with E-state index in [9.17, 15) is 9.59 Å². The number of rotatable bonds is 2. The summed E-state index contributed by atoms with van der Waals surface area (Å²) in [5.74, 6) is 2.31. The van der Waals surface area contributed by atoms with Gasteiger partial charge in [-0.05, 0) is 26.2 Å². The Bertz CT molecular complexity index is 654. The van der Waals surface area contributed by atoms with Crippen LogP contribution in [0.5, 0.6) is 0 Å². The number of fused-ring (bicyclic) bond motifs is 1. The van der Waals surface area contributed by atoms with Crippen molar-refractivity contribution in [1.82, 2.24) is 25.0 Å². The lowest BCUT2D eigenvalue weighted by molar-refractivity contribution is -0.137. The largest absolute Gasteiger partial charge is 0.483 e. The summed E-state index contributed by atoms with van der Waals surface area (Å²) in [6.07, 6.45) is 3.39. The standard InChI is InChI=1S/C14H19N5O2.CH2O2/c1-8-13-16-12(9-2-3-9)17-19(13)7-6-18(8)14(21)10-4-5-11(20)15-10;2-1-3/h8-10H,2-7H2,1H3,(H,15,20);1H,(H,2,3)/t8-,10-;/m1./s1. The van der Waals surface area contributed by atoms with E-state index in [4.69, 9.17) is 9.90 Å². The first kappa shape index (κ1) is 16.4. The molecule has 1 saturated carbocycles. The zero-order chi connectivity index (χ0) is 17.3. The second kappa shape index (κ2) is 6.58. The van der Waals surface area contributed by atoms with E-state index in [2.05, 4.69) is 15.4 Å². The van der Waals surface area contributed by atoms with Crippen LogP contribution < -0.4 is 5.32 Å². The van der Waals surface area contributed by atoms with E-state index in [0.717, 1.165) is 11.6 Å². The zero-order valence-electron chi connectivity index (χ0n) is 13.5. The van der Waals surface area contributed by atoms with E-state index in [-0.39, 0.29) is 30.4 Å². The molecule has 2 amide bonds. The average molecular weight is 335 g/mol. The van der Waals surface area contributed by atoms with Gasteiger partial charge >= 0.3 is 0 Å². The molecule has 2 aliphatic heterocycles. The first-order valence-electron chi connectivity index (χ1n) is 8.17. The molecule has 9 nitrogen and oxygen atoms in total. The maximum absolute atomic E-state index is 12.6. The van der Waals surface area contributed by atoms with Crippen LogP contribution in [0.2, 0.25) is 0 Å². The highest BCUT2D eigenvalue weighted by atomic mass is 16.3. The van der Waals surface area contributed by atoms with Gasteiger partial charge in [0, 0.05) is 18.9 Å². The molecule has 2 atom stereocenters. The Morgan fingerprint density at radius 1 is 1.33 bits per heavy atom. The van der Waals surface area contributed by atoms with Gasteiger partial charge in [0.2, 0.25) is 11.8 Å². The molecule has 1 aliphatic carbocycles. The summed E-state index contributed by atoms with van der Waals surface area (Å²) in [6, 6.07) is -0.443. The molecule has 24 heavy (non-hydrogen) atoms. The first-order chi connectivity index (χ1) is 11.5. The van der Waals surface area contributed by atoms with Crippen LogP contribution in [0, 0.1) is 0 Å². The molecule has 3 heterocycles. The number of hydrogen-bond acceptors (Lipinski definition) is 5. The zero-order valence-corrected chi connectivity index (χ0v) is 13.5. The molecule has 9 heteroatoms. The van der Waals surface area contributed by atoms with Crippen LogP contribution in [0.25, 0.3) is 0 Å². The maximum atomic E-state index is 12.6. The smallest absolute Gasteiger partial charge is 0.290 e. The Morgan fingerprint density at radius 2 is 2.04 bits per heavy atom. The third-order valence-corrected chi connectivity index (χ3v) is 4.63. The SMILES string of the molecule is C[C@@H]1c2nc(C3CC3)nn2CCN1C(=O)[C@H]1CCC(=O)N1.O=CO. The second-order valence-electron chi connectivity index (χ2n) is 6.30. The molecular formula is C15H21N5O4. The molecule has 2 fully saturated rings. The summed E-state index contributed by atoms with van der Waals surface area (Å²) in [7, 11) is 0. The van der Waals surface area contributed by atoms with E-state index in [1.807, 2.05) is 16.5 Å². The molecule has 0 bridgehead atoms. The molecule has 1 saturated heterocycles. The molecule has 0 aromatic carbocycles. The fourth-order valence-electron chi connectivity index (χ4n) is 3.20. The molecule has 0 radical (unpaired) electrons. The average Bonchev–Trinajstić information content (AvgIpc) is 3.16. The van der Waals surface area contributed by atoms with Crippen molar-refractivity contribution in [3.05, 3.63) is 11.6 Å². The molecule has 1 aromatic heterocycles. The summed E-state index contributed by atoms with van der Waals surface area (Å²) < 4.78 is 1.94. The summed E-state index contributed by atoms with van der Waals surface area (Å²) in [4.78, 5) is 38.7. The van der Waals surface area contributed by atoms with Gasteiger partial charge < -0.3 is 15.3 Å². The lowest BCUT2D eigenvalue weighted by Gasteiger charge is -2.34. The summed E-state index contributed by atoms with van der Waals surface area (Å²) >= 11 is 0. The monoisotopic (exact) mass is 335 g/mol. The Kier molecular flexibility index (Phi) is 4.50. The van der Waals surface area contributed by atoms with Gasteiger partial charge in [-0.15, -0.1) is 0 Å². The number of hydrogen-bond donors (Lipinski definition) is 2. The van der Waals surface area contributed by atoms with E-state index in [1.54, 1.807) is 0 Å². The molecular weight excluding hydrogens is 314 g/mol. The summed E-state index contributed by atoms with van der Waals surface area (Å²) in [5.41, 5.74) is 0. The highest BCUT2D eigenvalue weighted by molar-refractivity contribution is 5.91. The predicted octanol–water partition coefficient (Wildman–Crippen LogP) is 0.0381. The molecule has 2 N–H and O–H groups in total. The van der Waals surface area contributed by atoms with Crippen LogP contribution in [0.15, 0.2) is 0 Å². The quantitative estimate of drug-likeness (QED) is 0.737. The number of carbonyl (C=O) groups excluding carboxylic acids is 2. The van der Waals surface area contributed by atoms with Crippen LogP contribution in [-0.2, 0) is 20.9 Å². The van der Waals surface area contributed by atoms with Crippen molar-refractivity contribution in [2.45, 2.75) is 57.2 Å². The van der Waals surface area contributed by atoms with E-state index in [1.165, 1.54) is 12.8 Å². The summed E-state index contributed by atoms with van der Waals surface area (Å²) in [5, 5.41) is 14.2. The third kappa shape index (κ3) is 3.10. The molecule has 0 spiro atoms. The van der Waals surface area contributed by atoms with Gasteiger partial charge in [-0.25, -0.2) is 9.67 Å². The molecule has 3 aliphatic rings. The highest BCUT2D eigenvalue weighted by Crippen LogP contribution is 2.39. The number of carbonyl (C=O) groups is 3. The van der Waals surface area contributed by atoms with Crippen molar-refractivity contribution in [1.29, 1.82) is 0 Å². The number of nitrogens with zero attached hydrogens (tertiary/aromatic N) is 4. The van der Waals surface area contributed by atoms with Crippen LogP contribution in [0.4, 0.5) is 0 Å². The number of nitrogens with one attached hydrogen (secondary N) is 1. The van der Waals surface area contributed by atoms with Gasteiger partial charge in [-0.3, -0.25) is 14.4 Å². The number of aromatic nitrogens is 3. The van der Waals surface area contributed by atoms with Crippen LogP contribution >= 0.6 is 0 Å². The van der Waals surface area contributed by atoms with Gasteiger partial charge in [0.25, 0.3) is 6.47 Å². The topological polar surface area (TPSA) is 117 Å². The van der Waals surface area contributed by atoms with Gasteiger partial charge in [-0.2, -0.15) is 5.10 Å². The fourth-order valence-corrected chi connectivity index (χ4v) is 3.20. The molecule has 4 rings (SSSR count). The lowest BCUT2D eigenvalue weighted by Crippen LogP contribution is -2.49.